The highest BCUT2D eigenvalue weighted by atomic mass is 16.5. The van der Waals surface area contributed by atoms with Gasteiger partial charge in [-0.2, -0.15) is 0 Å². The summed E-state index contributed by atoms with van der Waals surface area (Å²) in [5, 5.41) is 2.71. The number of nitrogens with two attached hydrogens (primary N) is 1. The summed E-state index contributed by atoms with van der Waals surface area (Å²) in [6.07, 6.45) is 24.0. The first-order chi connectivity index (χ1) is 15.2. The molecule has 1 rings (SSSR count). The second kappa shape index (κ2) is 20.2. The van der Waals surface area contributed by atoms with E-state index in [1.807, 2.05) is 0 Å². The van der Waals surface area contributed by atoms with Crippen molar-refractivity contribution in [1.29, 1.82) is 0 Å². The minimum atomic E-state index is -0.392. The molecule has 0 fully saturated rings. The van der Waals surface area contributed by atoms with Crippen molar-refractivity contribution in [3.8, 4) is 0 Å². The molecule has 0 atom stereocenters. The van der Waals surface area contributed by atoms with E-state index in [2.05, 4.69) is 12.2 Å². The molecule has 3 N–H and O–H groups in total. The van der Waals surface area contributed by atoms with E-state index < -0.39 is 6.09 Å². The van der Waals surface area contributed by atoms with Crippen LogP contribution < -0.4 is 11.1 Å². The van der Waals surface area contributed by atoms with E-state index in [4.69, 9.17) is 10.5 Å². The number of carbonyl (C=O) groups excluding carboxylic acids is 1. The monoisotopic (exact) mass is 432 g/mol. The van der Waals surface area contributed by atoms with Crippen molar-refractivity contribution in [3.05, 3.63) is 24.3 Å². The molecule has 178 valence electrons. The van der Waals surface area contributed by atoms with Crippen molar-refractivity contribution in [2.24, 2.45) is 0 Å². The lowest BCUT2D eigenvalue weighted by atomic mass is 10.0. The number of anilines is 2. The second-order valence-electron chi connectivity index (χ2n) is 8.89. The second-order valence-corrected chi connectivity index (χ2v) is 8.89. The molecule has 0 bridgehead atoms. The fourth-order valence-corrected chi connectivity index (χ4v) is 3.89. The van der Waals surface area contributed by atoms with Crippen LogP contribution in [0, 0.1) is 0 Å². The van der Waals surface area contributed by atoms with Crippen LogP contribution in [-0.2, 0) is 4.74 Å². The zero-order valence-corrected chi connectivity index (χ0v) is 20.1. The van der Waals surface area contributed by atoms with Crippen LogP contribution >= 0.6 is 0 Å². The Balaban J connectivity index is 1.75. The molecule has 0 aliphatic carbocycles. The van der Waals surface area contributed by atoms with Crippen molar-refractivity contribution >= 4 is 17.5 Å². The molecular formula is C27H48N2O2. The molecule has 0 unspecified atom stereocenters. The SMILES string of the molecule is CCCCCCCCCCCCCCCCCCCCOC(=O)Nc1ccc(N)cc1. The van der Waals surface area contributed by atoms with Crippen molar-refractivity contribution < 1.29 is 9.53 Å². The Morgan fingerprint density at radius 1 is 0.677 bits per heavy atom. The van der Waals surface area contributed by atoms with Crippen LogP contribution in [0.25, 0.3) is 0 Å². The van der Waals surface area contributed by atoms with E-state index >= 15 is 0 Å². The Morgan fingerprint density at radius 2 is 1.06 bits per heavy atom. The van der Waals surface area contributed by atoms with E-state index in [1.54, 1.807) is 24.3 Å². The van der Waals surface area contributed by atoms with Crippen LogP contribution in [-0.4, -0.2) is 12.7 Å². The minimum Gasteiger partial charge on any atom is -0.449 e. The van der Waals surface area contributed by atoms with Gasteiger partial charge in [0.25, 0.3) is 0 Å². The van der Waals surface area contributed by atoms with Gasteiger partial charge in [0.2, 0.25) is 0 Å². The van der Waals surface area contributed by atoms with Crippen LogP contribution in [0.3, 0.4) is 0 Å². The van der Waals surface area contributed by atoms with Gasteiger partial charge in [-0.3, -0.25) is 5.32 Å². The topological polar surface area (TPSA) is 64.3 Å². The molecule has 1 amide bonds. The molecule has 0 heterocycles. The summed E-state index contributed by atoms with van der Waals surface area (Å²) >= 11 is 0. The zero-order chi connectivity index (χ0) is 22.4. The highest BCUT2D eigenvalue weighted by Gasteiger charge is 2.02. The highest BCUT2D eigenvalue weighted by Crippen LogP contribution is 2.14. The Bertz CT molecular complexity index is 531. The summed E-state index contributed by atoms with van der Waals surface area (Å²) in [6, 6.07) is 7.06. The molecule has 1 aromatic rings. The summed E-state index contributed by atoms with van der Waals surface area (Å²) < 4.78 is 5.22. The molecule has 1 aromatic carbocycles. The van der Waals surface area contributed by atoms with Gasteiger partial charge < -0.3 is 10.5 Å². The fourth-order valence-electron chi connectivity index (χ4n) is 3.89. The van der Waals surface area contributed by atoms with Crippen molar-refractivity contribution in [3.63, 3.8) is 0 Å². The Kier molecular flexibility index (Phi) is 17.8. The van der Waals surface area contributed by atoms with Crippen LogP contribution in [0.2, 0.25) is 0 Å². The van der Waals surface area contributed by atoms with Crippen LogP contribution in [0.1, 0.15) is 122 Å². The molecule has 0 aliphatic rings. The van der Waals surface area contributed by atoms with Crippen molar-refractivity contribution in [2.75, 3.05) is 17.7 Å². The van der Waals surface area contributed by atoms with Gasteiger partial charge in [-0.25, -0.2) is 4.79 Å². The minimum absolute atomic E-state index is 0.392. The Hall–Kier alpha value is -1.71. The maximum Gasteiger partial charge on any atom is 0.411 e. The molecule has 0 saturated heterocycles. The number of unbranched alkanes of at least 4 members (excludes halogenated alkanes) is 17. The number of amides is 1. The third-order valence-corrected chi connectivity index (χ3v) is 5.89. The van der Waals surface area contributed by atoms with Gasteiger partial charge in [0.1, 0.15) is 0 Å². The number of benzene rings is 1. The smallest absolute Gasteiger partial charge is 0.411 e. The maximum absolute atomic E-state index is 11.7. The van der Waals surface area contributed by atoms with Gasteiger partial charge in [0.05, 0.1) is 6.61 Å². The van der Waals surface area contributed by atoms with Gasteiger partial charge in [-0.15, -0.1) is 0 Å². The van der Waals surface area contributed by atoms with Crippen molar-refractivity contribution in [2.45, 2.75) is 122 Å². The fraction of sp³-hybridized carbons (Fsp3) is 0.741. The molecule has 4 heteroatoms. The van der Waals surface area contributed by atoms with Gasteiger partial charge in [-0.1, -0.05) is 116 Å². The molecule has 0 spiro atoms. The standard InChI is InChI=1S/C27H48N2O2/c1-2-3-4-5-6-7-8-9-10-11-12-13-14-15-16-17-18-19-24-31-27(30)29-26-22-20-25(28)21-23-26/h20-23H,2-19,24,28H2,1H3,(H,29,30). The molecule has 0 aliphatic heterocycles. The number of nitrogen functional groups attached to an aromatic ring is 1. The number of hydrogen-bond donors (Lipinski definition) is 2. The molecule has 4 nitrogen and oxygen atoms in total. The summed E-state index contributed by atoms with van der Waals surface area (Å²) in [5.41, 5.74) is 7.01. The molecule has 31 heavy (non-hydrogen) atoms. The van der Waals surface area contributed by atoms with Gasteiger partial charge >= 0.3 is 6.09 Å². The van der Waals surface area contributed by atoms with Gasteiger partial charge in [0.15, 0.2) is 0 Å². The van der Waals surface area contributed by atoms with E-state index in [1.165, 1.54) is 103 Å². The molecule has 0 saturated carbocycles. The lowest BCUT2D eigenvalue weighted by molar-refractivity contribution is 0.159. The Morgan fingerprint density at radius 3 is 1.48 bits per heavy atom. The molecular weight excluding hydrogens is 384 g/mol. The first kappa shape index (κ1) is 27.3. The predicted molar refractivity (Wildman–Crippen MR) is 135 cm³/mol. The van der Waals surface area contributed by atoms with E-state index in [0.717, 1.165) is 12.8 Å². The van der Waals surface area contributed by atoms with Gasteiger partial charge in [0, 0.05) is 11.4 Å². The number of carbonyl (C=O) groups is 1. The Labute approximate surface area is 191 Å². The summed E-state index contributed by atoms with van der Waals surface area (Å²) in [6.45, 7) is 2.77. The number of rotatable bonds is 20. The van der Waals surface area contributed by atoms with Crippen molar-refractivity contribution in [1.82, 2.24) is 0 Å². The van der Waals surface area contributed by atoms with E-state index in [-0.39, 0.29) is 0 Å². The number of nitrogens with one attached hydrogen (secondary N) is 1. The van der Waals surface area contributed by atoms with E-state index in [9.17, 15) is 4.79 Å². The summed E-state index contributed by atoms with van der Waals surface area (Å²) in [7, 11) is 0. The number of ether oxygens (including phenoxy) is 1. The quantitative estimate of drug-likeness (QED) is 0.160. The van der Waals surface area contributed by atoms with Crippen LogP contribution in [0.15, 0.2) is 24.3 Å². The molecule has 0 aromatic heterocycles. The molecule has 0 radical (unpaired) electrons. The number of hydrogen-bond acceptors (Lipinski definition) is 3. The van der Waals surface area contributed by atoms with Crippen LogP contribution in [0.4, 0.5) is 16.2 Å². The average Bonchev–Trinajstić information content (AvgIpc) is 2.77. The summed E-state index contributed by atoms with van der Waals surface area (Å²) in [5.74, 6) is 0. The lowest BCUT2D eigenvalue weighted by Crippen LogP contribution is -2.14. The van der Waals surface area contributed by atoms with Crippen LogP contribution in [0.5, 0.6) is 0 Å². The largest absolute Gasteiger partial charge is 0.449 e. The first-order valence-electron chi connectivity index (χ1n) is 13.0. The van der Waals surface area contributed by atoms with Gasteiger partial charge in [-0.05, 0) is 30.7 Å². The maximum atomic E-state index is 11.7. The summed E-state index contributed by atoms with van der Waals surface area (Å²) in [4.78, 5) is 11.7. The third kappa shape index (κ3) is 17.6. The zero-order valence-electron chi connectivity index (χ0n) is 20.1. The normalized spacial score (nSPS) is 10.9. The highest BCUT2D eigenvalue weighted by molar-refractivity contribution is 5.84. The average molecular weight is 433 g/mol. The third-order valence-electron chi connectivity index (χ3n) is 5.89. The first-order valence-corrected chi connectivity index (χ1v) is 13.0. The predicted octanol–water partition coefficient (Wildman–Crippen LogP) is 8.86. The van der Waals surface area contributed by atoms with E-state index in [0.29, 0.717) is 18.0 Å². The lowest BCUT2D eigenvalue weighted by Gasteiger charge is -2.07.